The molecular weight excluding hydrogens is 307 g/mol. The molecule has 0 saturated carbocycles. The maximum Gasteiger partial charge on any atom is 0.141 e. The lowest BCUT2D eigenvalue weighted by Gasteiger charge is -2.13. The van der Waals surface area contributed by atoms with Gasteiger partial charge in [-0.2, -0.15) is 5.26 Å². The summed E-state index contributed by atoms with van der Waals surface area (Å²) in [4.78, 5) is 0. The predicted octanol–water partition coefficient (Wildman–Crippen LogP) is 3.95. The Morgan fingerprint density at radius 3 is 2.71 bits per heavy atom. The Kier molecular flexibility index (Phi) is 5.46. The van der Waals surface area contributed by atoms with Gasteiger partial charge in [-0.1, -0.05) is 35.3 Å². The maximum atomic E-state index is 8.90. The minimum absolute atomic E-state index is 0.328. The van der Waals surface area contributed by atoms with Gasteiger partial charge in [0.2, 0.25) is 0 Å². The Labute approximate surface area is 133 Å². The van der Waals surface area contributed by atoms with Crippen LogP contribution in [0, 0.1) is 11.3 Å². The van der Waals surface area contributed by atoms with Crippen LogP contribution in [0.2, 0.25) is 10.0 Å². The lowest BCUT2D eigenvalue weighted by atomic mass is 10.1. The molecule has 21 heavy (non-hydrogen) atoms. The van der Waals surface area contributed by atoms with Gasteiger partial charge >= 0.3 is 0 Å². The van der Waals surface area contributed by atoms with Crippen LogP contribution < -0.4 is 10.5 Å². The summed E-state index contributed by atoms with van der Waals surface area (Å²) in [5, 5.41) is 9.91. The molecule has 3 nitrogen and oxygen atoms in total. The second-order valence-electron chi connectivity index (χ2n) is 4.52. The highest BCUT2D eigenvalue weighted by molar-refractivity contribution is 6.35. The van der Waals surface area contributed by atoms with Crippen LogP contribution in [0.5, 0.6) is 5.75 Å². The van der Waals surface area contributed by atoms with E-state index in [1.54, 1.807) is 24.3 Å². The highest BCUT2D eigenvalue weighted by Gasteiger charge is 2.11. The third-order valence-electron chi connectivity index (χ3n) is 2.94. The molecule has 2 rings (SSSR count). The molecular formula is C16H14Cl2N2O. The summed E-state index contributed by atoms with van der Waals surface area (Å²) in [5.74, 6) is 0.592. The Morgan fingerprint density at radius 2 is 2.00 bits per heavy atom. The SMILES string of the molecule is N#Cc1cccc(COc2c(Cl)cc(Cl)cc2CCN)c1. The van der Waals surface area contributed by atoms with Gasteiger partial charge in [0.1, 0.15) is 12.4 Å². The van der Waals surface area contributed by atoms with Crippen LogP contribution in [0.3, 0.4) is 0 Å². The molecule has 0 bridgehead atoms. The summed E-state index contributed by atoms with van der Waals surface area (Å²) in [6.07, 6.45) is 0.633. The van der Waals surface area contributed by atoms with E-state index in [9.17, 15) is 0 Å². The number of hydrogen-bond donors (Lipinski definition) is 1. The van der Waals surface area contributed by atoms with Crippen LogP contribution in [0.1, 0.15) is 16.7 Å². The molecule has 2 N–H and O–H groups in total. The zero-order valence-electron chi connectivity index (χ0n) is 11.3. The highest BCUT2D eigenvalue weighted by Crippen LogP contribution is 2.33. The number of ether oxygens (including phenoxy) is 1. The Bertz CT molecular complexity index is 680. The fourth-order valence-electron chi connectivity index (χ4n) is 2.00. The first-order valence-corrected chi connectivity index (χ1v) is 7.19. The lowest BCUT2D eigenvalue weighted by molar-refractivity contribution is 0.303. The second kappa shape index (κ2) is 7.33. The first kappa shape index (κ1) is 15.7. The first-order chi connectivity index (χ1) is 10.1. The standard InChI is InChI=1S/C16H14Cl2N2O/c17-14-7-13(4-5-19)16(15(18)8-14)21-10-12-3-1-2-11(6-12)9-20/h1-3,6-8H,4-5,10,19H2. The van der Waals surface area contributed by atoms with Crippen LogP contribution in [-0.2, 0) is 13.0 Å². The van der Waals surface area contributed by atoms with Crippen molar-refractivity contribution in [2.45, 2.75) is 13.0 Å². The van der Waals surface area contributed by atoms with Gasteiger partial charge in [-0.15, -0.1) is 0 Å². The van der Waals surface area contributed by atoms with Crippen LogP contribution in [-0.4, -0.2) is 6.54 Å². The van der Waals surface area contributed by atoms with Crippen molar-refractivity contribution in [2.75, 3.05) is 6.54 Å². The third kappa shape index (κ3) is 4.12. The topological polar surface area (TPSA) is 59.0 Å². The molecule has 0 aliphatic heterocycles. The van der Waals surface area contributed by atoms with Gasteiger partial charge in [-0.25, -0.2) is 0 Å². The molecule has 108 valence electrons. The van der Waals surface area contributed by atoms with Crippen LogP contribution in [0.4, 0.5) is 0 Å². The molecule has 2 aromatic carbocycles. The molecule has 0 saturated heterocycles. The van der Waals surface area contributed by atoms with E-state index in [4.69, 9.17) is 38.9 Å². The van der Waals surface area contributed by atoms with E-state index in [-0.39, 0.29) is 0 Å². The molecule has 0 unspecified atom stereocenters. The van der Waals surface area contributed by atoms with E-state index in [1.807, 2.05) is 12.1 Å². The van der Waals surface area contributed by atoms with Gasteiger partial charge in [-0.05, 0) is 48.4 Å². The highest BCUT2D eigenvalue weighted by atomic mass is 35.5. The van der Waals surface area contributed by atoms with Gasteiger partial charge in [0, 0.05) is 5.02 Å². The van der Waals surface area contributed by atoms with Crippen LogP contribution in [0.25, 0.3) is 0 Å². The number of halogens is 2. The summed E-state index contributed by atoms with van der Waals surface area (Å²) in [7, 11) is 0. The van der Waals surface area contributed by atoms with Gasteiger partial charge in [0.05, 0.1) is 16.7 Å². The van der Waals surface area contributed by atoms with E-state index in [2.05, 4.69) is 6.07 Å². The lowest BCUT2D eigenvalue weighted by Crippen LogP contribution is -2.06. The normalized spacial score (nSPS) is 10.2. The summed E-state index contributed by atoms with van der Waals surface area (Å²) in [5.41, 5.74) is 7.98. The number of hydrogen-bond acceptors (Lipinski definition) is 3. The van der Waals surface area contributed by atoms with Crippen molar-refractivity contribution in [2.24, 2.45) is 5.73 Å². The number of nitrogens with zero attached hydrogens (tertiary/aromatic N) is 1. The van der Waals surface area contributed by atoms with Crippen molar-refractivity contribution in [3.05, 3.63) is 63.1 Å². The second-order valence-corrected chi connectivity index (χ2v) is 5.36. The molecule has 0 aromatic heterocycles. The Balaban J connectivity index is 2.21. The molecule has 0 aliphatic carbocycles. The van der Waals surface area contributed by atoms with E-state index in [0.29, 0.717) is 40.9 Å². The maximum absolute atomic E-state index is 8.90. The molecule has 0 spiro atoms. The minimum Gasteiger partial charge on any atom is -0.487 e. The molecule has 0 fully saturated rings. The molecule has 0 heterocycles. The molecule has 0 atom stereocenters. The number of nitrogens with two attached hydrogens (primary N) is 1. The van der Waals surface area contributed by atoms with Crippen molar-refractivity contribution in [1.82, 2.24) is 0 Å². The summed E-state index contributed by atoms with van der Waals surface area (Å²) < 4.78 is 5.81. The molecule has 0 aliphatic rings. The zero-order chi connectivity index (χ0) is 15.2. The molecule has 5 heteroatoms. The number of rotatable bonds is 5. The molecule has 2 aromatic rings. The van der Waals surface area contributed by atoms with Gasteiger partial charge in [0.25, 0.3) is 0 Å². The Hall–Kier alpha value is -1.73. The van der Waals surface area contributed by atoms with Gasteiger partial charge in [-0.3, -0.25) is 0 Å². The summed E-state index contributed by atoms with van der Waals surface area (Å²) in [6, 6.07) is 12.8. The fourth-order valence-corrected chi connectivity index (χ4v) is 2.59. The van der Waals surface area contributed by atoms with Crippen LogP contribution >= 0.6 is 23.2 Å². The van der Waals surface area contributed by atoms with E-state index < -0.39 is 0 Å². The van der Waals surface area contributed by atoms with Gasteiger partial charge < -0.3 is 10.5 Å². The number of benzene rings is 2. The van der Waals surface area contributed by atoms with Crippen molar-refractivity contribution >= 4 is 23.2 Å². The first-order valence-electron chi connectivity index (χ1n) is 6.44. The van der Waals surface area contributed by atoms with E-state index >= 15 is 0 Å². The van der Waals surface area contributed by atoms with Gasteiger partial charge in [0.15, 0.2) is 0 Å². The van der Waals surface area contributed by atoms with Crippen molar-refractivity contribution in [1.29, 1.82) is 5.26 Å². The fraction of sp³-hybridized carbons (Fsp3) is 0.188. The average Bonchev–Trinajstić information content (AvgIpc) is 2.47. The smallest absolute Gasteiger partial charge is 0.141 e. The summed E-state index contributed by atoms with van der Waals surface area (Å²) >= 11 is 12.2. The van der Waals surface area contributed by atoms with Crippen LogP contribution in [0.15, 0.2) is 36.4 Å². The number of nitriles is 1. The monoisotopic (exact) mass is 320 g/mol. The van der Waals surface area contributed by atoms with Crippen molar-refractivity contribution < 1.29 is 4.74 Å². The third-order valence-corrected chi connectivity index (χ3v) is 3.44. The van der Waals surface area contributed by atoms with E-state index in [0.717, 1.165) is 11.1 Å². The Morgan fingerprint density at radius 1 is 1.19 bits per heavy atom. The van der Waals surface area contributed by atoms with E-state index in [1.165, 1.54) is 0 Å². The zero-order valence-corrected chi connectivity index (χ0v) is 12.8. The largest absolute Gasteiger partial charge is 0.487 e. The summed E-state index contributed by atoms with van der Waals surface area (Å²) in [6.45, 7) is 0.811. The van der Waals surface area contributed by atoms with Crippen molar-refractivity contribution in [3.8, 4) is 11.8 Å². The predicted molar refractivity (Wildman–Crippen MR) is 84.7 cm³/mol. The van der Waals surface area contributed by atoms with Crippen molar-refractivity contribution in [3.63, 3.8) is 0 Å². The average molecular weight is 321 g/mol. The molecule has 0 amide bonds. The quantitative estimate of drug-likeness (QED) is 0.907. The minimum atomic E-state index is 0.328. The molecule has 0 radical (unpaired) electrons.